The van der Waals surface area contributed by atoms with Crippen LogP contribution in [0.2, 0.25) is 5.02 Å². The van der Waals surface area contributed by atoms with Crippen molar-refractivity contribution in [3.63, 3.8) is 0 Å². The summed E-state index contributed by atoms with van der Waals surface area (Å²) in [5.74, 6) is -1.15. The molecule has 0 amide bonds. The molecule has 5 heteroatoms. The average Bonchev–Trinajstić information content (AvgIpc) is 2.82. The van der Waals surface area contributed by atoms with Crippen molar-refractivity contribution in [1.29, 1.82) is 0 Å². The molecule has 1 N–H and O–H groups in total. The van der Waals surface area contributed by atoms with Crippen LogP contribution in [0.1, 0.15) is 37.8 Å². The normalized spacial score (nSPS) is 17.0. The van der Waals surface area contributed by atoms with E-state index < -0.39 is 5.92 Å². The van der Waals surface area contributed by atoms with Gasteiger partial charge in [-0.1, -0.05) is 72.3 Å². The lowest BCUT2D eigenvalue weighted by atomic mass is 9.73. The van der Waals surface area contributed by atoms with Gasteiger partial charge in [0.15, 0.2) is 23.0 Å². The minimum Gasteiger partial charge on any atom is -0.504 e. The van der Waals surface area contributed by atoms with E-state index >= 15 is 0 Å². The number of benzene rings is 4. The number of hydrogen-bond donors (Lipinski definition) is 1. The molecule has 0 radical (unpaired) electrons. The molecule has 1 atom stereocenters. The average molecular weight is 439 g/mol. The fourth-order valence-electron chi connectivity index (χ4n) is 4.71. The molecule has 0 aromatic heterocycles. The number of hydrogen-bond acceptors (Lipinski definition) is 4. The van der Waals surface area contributed by atoms with Crippen molar-refractivity contribution in [1.82, 2.24) is 0 Å². The molecule has 4 aromatic rings. The standard InChI is InChI=1S/C27H15ClO4/c28-16-11-9-14(10-12-16)21-22-17-6-2-1-5-15(17)13-20(29)26(22)32-27-23(21)24(30)18-7-3-4-8-19(18)25(27)31/h1-13,21,29H. The number of aromatic hydroxyl groups is 1. The summed E-state index contributed by atoms with van der Waals surface area (Å²) in [6.07, 6.45) is 0. The van der Waals surface area contributed by atoms with Gasteiger partial charge < -0.3 is 9.84 Å². The molecule has 0 bridgehead atoms. The third kappa shape index (κ3) is 2.57. The zero-order valence-electron chi connectivity index (χ0n) is 16.6. The van der Waals surface area contributed by atoms with Crippen LogP contribution in [0.15, 0.2) is 90.2 Å². The Kier molecular flexibility index (Phi) is 4.01. The number of ether oxygens (including phenoxy) is 1. The molecule has 0 saturated carbocycles. The molecule has 0 saturated heterocycles. The van der Waals surface area contributed by atoms with Crippen LogP contribution in [0.25, 0.3) is 10.8 Å². The van der Waals surface area contributed by atoms with Gasteiger partial charge in [-0.25, -0.2) is 0 Å². The number of phenolic OH excluding ortho intramolecular Hbond substituents is 1. The van der Waals surface area contributed by atoms with Crippen LogP contribution in [0.4, 0.5) is 0 Å². The first-order valence-corrected chi connectivity index (χ1v) is 10.5. The molecular weight excluding hydrogens is 424 g/mol. The van der Waals surface area contributed by atoms with Crippen LogP contribution in [-0.4, -0.2) is 16.7 Å². The molecule has 2 aliphatic rings. The Morgan fingerprint density at radius 3 is 2.22 bits per heavy atom. The van der Waals surface area contributed by atoms with Gasteiger partial charge in [0.25, 0.3) is 0 Å². The van der Waals surface area contributed by atoms with Crippen LogP contribution < -0.4 is 4.74 Å². The zero-order valence-corrected chi connectivity index (χ0v) is 17.4. The molecule has 1 unspecified atom stereocenters. The first kappa shape index (κ1) is 18.8. The molecule has 6 rings (SSSR count). The van der Waals surface area contributed by atoms with Crippen molar-refractivity contribution in [3.8, 4) is 11.5 Å². The highest BCUT2D eigenvalue weighted by Gasteiger charge is 2.44. The predicted molar refractivity (Wildman–Crippen MR) is 122 cm³/mol. The summed E-state index contributed by atoms with van der Waals surface area (Å²) in [5, 5.41) is 13.0. The van der Waals surface area contributed by atoms with Crippen molar-refractivity contribution >= 4 is 33.9 Å². The maximum Gasteiger partial charge on any atom is 0.229 e. The van der Waals surface area contributed by atoms with Crippen LogP contribution in [0, 0.1) is 0 Å². The van der Waals surface area contributed by atoms with E-state index in [1.54, 1.807) is 42.5 Å². The smallest absolute Gasteiger partial charge is 0.229 e. The number of carbonyl (C=O) groups excluding carboxylic acids is 2. The lowest BCUT2D eigenvalue weighted by Crippen LogP contribution is -2.31. The molecule has 1 aliphatic carbocycles. The molecule has 32 heavy (non-hydrogen) atoms. The Morgan fingerprint density at radius 2 is 1.47 bits per heavy atom. The third-order valence-corrected chi connectivity index (χ3v) is 6.37. The topological polar surface area (TPSA) is 63.6 Å². The summed E-state index contributed by atoms with van der Waals surface area (Å²) in [7, 11) is 0. The Labute approximate surface area is 188 Å². The molecule has 1 aliphatic heterocycles. The van der Waals surface area contributed by atoms with Gasteiger partial charge in [0, 0.05) is 27.6 Å². The van der Waals surface area contributed by atoms with E-state index in [4.69, 9.17) is 16.3 Å². The second-order valence-corrected chi connectivity index (χ2v) is 8.33. The number of fused-ring (bicyclic) bond motifs is 4. The van der Waals surface area contributed by atoms with Crippen LogP contribution in [0.5, 0.6) is 11.5 Å². The number of carbonyl (C=O) groups is 2. The van der Waals surface area contributed by atoms with Crippen molar-refractivity contribution in [2.75, 3.05) is 0 Å². The van der Waals surface area contributed by atoms with Gasteiger partial charge in [-0.3, -0.25) is 9.59 Å². The van der Waals surface area contributed by atoms with E-state index in [0.717, 1.165) is 16.3 Å². The van der Waals surface area contributed by atoms with E-state index in [1.165, 1.54) is 0 Å². The van der Waals surface area contributed by atoms with Gasteiger partial charge in [-0.05, 0) is 34.5 Å². The minimum atomic E-state index is -0.604. The quantitative estimate of drug-likeness (QED) is 0.392. The Hall–Kier alpha value is -3.89. The third-order valence-electron chi connectivity index (χ3n) is 6.12. The Morgan fingerprint density at radius 1 is 0.812 bits per heavy atom. The van der Waals surface area contributed by atoms with E-state index in [-0.39, 0.29) is 34.4 Å². The van der Waals surface area contributed by atoms with Gasteiger partial charge in [-0.2, -0.15) is 0 Å². The lowest BCUT2D eigenvalue weighted by molar-refractivity contribution is 0.0926. The van der Waals surface area contributed by atoms with Crippen LogP contribution >= 0.6 is 11.6 Å². The highest BCUT2D eigenvalue weighted by Crippen LogP contribution is 2.52. The largest absolute Gasteiger partial charge is 0.504 e. The number of phenols is 1. The second kappa shape index (κ2) is 6.81. The maximum atomic E-state index is 13.7. The molecule has 0 spiro atoms. The second-order valence-electron chi connectivity index (χ2n) is 7.89. The molecule has 1 heterocycles. The van der Waals surface area contributed by atoms with E-state index in [2.05, 4.69) is 0 Å². The summed E-state index contributed by atoms with van der Waals surface area (Å²) in [6.45, 7) is 0. The molecule has 154 valence electrons. The monoisotopic (exact) mass is 438 g/mol. The van der Waals surface area contributed by atoms with E-state index in [9.17, 15) is 14.7 Å². The van der Waals surface area contributed by atoms with Gasteiger partial charge in [0.2, 0.25) is 5.78 Å². The lowest BCUT2D eigenvalue weighted by Gasteiger charge is -2.33. The van der Waals surface area contributed by atoms with Gasteiger partial charge in [0.05, 0.1) is 5.57 Å². The number of allylic oxidation sites excluding steroid dienone is 2. The van der Waals surface area contributed by atoms with Crippen molar-refractivity contribution < 1.29 is 19.4 Å². The molecular formula is C27H15ClO4. The van der Waals surface area contributed by atoms with Crippen LogP contribution in [-0.2, 0) is 0 Å². The minimum absolute atomic E-state index is 0.0354. The van der Waals surface area contributed by atoms with E-state index in [0.29, 0.717) is 21.7 Å². The highest BCUT2D eigenvalue weighted by molar-refractivity contribution is 6.30. The number of rotatable bonds is 1. The number of ketones is 2. The Bertz CT molecular complexity index is 1500. The van der Waals surface area contributed by atoms with Crippen molar-refractivity contribution in [2.45, 2.75) is 5.92 Å². The van der Waals surface area contributed by atoms with E-state index in [1.807, 2.05) is 36.4 Å². The van der Waals surface area contributed by atoms with Crippen molar-refractivity contribution in [3.05, 3.63) is 117 Å². The maximum absolute atomic E-state index is 13.7. The van der Waals surface area contributed by atoms with Gasteiger partial charge in [-0.15, -0.1) is 0 Å². The summed E-state index contributed by atoms with van der Waals surface area (Å²) in [4.78, 5) is 27.1. The highest BCUT2D eigenvalue weighted by atomic mass is 35.5. The van der Waals surface area contributed by atoms with Crippen molar-refractivity contribution in [2.24, 2.45) is 0 Å². The fourth-order valence-corrected chi connectivity index (χ4v) is 4.83. The summed E-state index contributed by atoms with van der Waals surface area (Å²) in [6, 6.07) is 23.1. The molecule has 0 fully saturated rings. The summed E-state index contributed by atoms with van der Waals surface area (Å²) in [5.41, 5.74) is 2.37. The molecule has 4 aromatic carbocycles. The van der Waals surface area contributed by atoms with Crippen LogP contribution in [0.3, 0.4) is 0 Å². The fraction of sp³-hybridized carbons (Fsp3) is 0.0370. The SMILES string of the molecule is O=C1C2=C(C(=O)c3ccccc31)C(c1ccc(Cl)cc1)c1c(c(O)cc3ccccc13)O2. The summed E-state index contributed by atoms with van der Waals surface area (Å²) < 4.78 is 6.02. The zero-order chi connectivity index (χ0) is 22.0. The summed E-state index contributed by atoms with van der Waals surface area (Å²) >= 11 is 6.13. The Balaban J connectivity index is 1.72. The molecule has 4 nitrogen and oxygen atoms in total. The first-order valence-electron chi connectivity index (χ1n) is 10.1. The van der Waals surface area contributed by atoms with Gasteiger partial charge in [0.1, 0.15) is 0 Å². The number of halogens is 1. The number of Topliss-reactive ketones (excluding diaryl/α,β-unsaturated/α-hetero) is 2. The first-order chi connectivity index (χ1) is 15.5. The van der Waals surface area contributed by atoms with Gasteiger partial charge >= 0.3 is 0 Å². The predicted octanol–water partition coefficient (Wildman–Crippen LogP) is 6.06.